The highest BCUT2D eigenvalue weighted by Crippen LogP contribution is 2.36. The van der Waals surface area contributed by atoms with Gasteiger partial charge in [-0.2, -0.15) is 13.2 Å². The lowest BCUT2D eigenvalue weighted by molar-refractivity contribution is -0.384. The predicted molar refractivity (Wildman–Crippen MR) is 90.1 cm³/mol. The normalized spacial score (nSPS) is 15.3. The number of nitro benzene ring substituents is 1. The Morgan fingerprint density at radius 1 is 1.27 bits per heavy atom. The summed E-state index contributed by atoms with van der Waals surface area (Å²) in [5, 5.41) is 14.0. The van der Waals surface area contributed by atoms with Gasteiger partial charge < -0.3 is 15.1 Å². The molecule has 144 valence electrons. The lowest BCUT2D eigenvalue weighted by Crippen LogP contribution is -2.52. The molecule has 1 fully saturated rings. The van der Waals surface area contributed by atoms with Crippen LogP contribution in [0.15, 0.2) is 18.2 Å². The molecule has 1 aromatic carbocycles. The molecule has 26 heavy (non-hydrogen) atoms. The predicted octanol–water partition coefficient (Wildman–Crippen LogP) is 3.10. The Balaban J connectivity index is 2.09. The van der Waals surface area contributed by atoms with Crippen LogP contribution >= 0.6 is 0 Å². The number of nitro groups is 1. The SMILES string of the molecule is CC(C)CNC(=O)N1CCN(c2ccc(C(F)(F)F)cc2[N+](=O)[O-])CC1. The fourth-order valence-electron chi connectivity index (χ4n) is 2.67. The first kappa shape index (κ1) is 19.8. The number of alkyl halides is 3. The average molecular weight is 374 g/mol. The maximum atomic E-state index is 12.8. The first-order valence-electron chi connectivity index (χ1n) is 8.23. The number of carbonyl (C=O) groups is 1. The van der Waals surface area contributed by atoms with Gasteiger partial charge in [-0.3, -0.25) is 10.1 Å². The average Bonchev–Trinajstić information content (AvgIpc) is 2.58. The summed E-state index contributed by atoms with van der Waals surface area (Å²) in [7, 11) is 0. The van der Waals surface area contributed by atoms with Crippen molar-refractivity contribution in [1.82, 2.24) is 10.2 Å². The van der Waals surface area contributed by atoms with Gasteiger partial charge in [0.05, 0.1) is 10.5 Å². The van der Waals surface area contributed by atoms with Gasteiger partial charge in [-0.1, -0.05) is 13.8 Å². The van der Waals surface area contributed by atoms with Crippen LogP contribution in [0.2, 0.25) is 0 Å². The van der Waals surface area contributed by atoms with Crippen molar-refractivity contribution in [3.63, 3.8) is 0 Å². The van der Waals surface area contributed by atoms with E-state index in [1.165, 1.54) is 0 Å². The monoisotopic (exact) mass is 374 g/mol. The Hall–Kier alpha value is -2.52. The third-order valence-corrected chi connectivity index (χ3v) is 4.07. The summed E-state index contributed by atoms with van der Waals surface area (Å²) in [5.41, 5.74) is -1.51. The maximum absolute atomic E-state index is 12.8. The molecular formula is C16H21F3N4O3. The van der Waals surface area contributed by atoms with E-state index < -0.39 is 22.4 Å². The molecule has 2 amide bonds. The molecule has 0 aliphatic carbocycles. The van der Waals surface area contributed by atoms with Crippen LogP contribution in [0.5, 0.6) is 0 Å². The van der Waals surface area contributed by atoms with Crippen LogP contribution in [0, 0.1) is 16.0 Å². The fourth-order valence-corrected chi connectivity index (χ4v) is 2.67. The number of hydrogen-bond donors (Lipinski definition) is 1. The molecule has 10 heteroatoms. The highest BCUT2D eigenvalue weighted by atomic mass is 19.4. The molecule has 0 unspecified atom stereocenters. The van der Waals surface area contributed by atoms with Crippen molar-refractivity contribution in [2.75, 3.05) is 37.6 Å². The zero-order chi connectivity index (χ0) is 19.5. The summed E-state index contributed by atoms with van der Waals surface area (Å²) < 4.78 is 38.4. The van der Waals surface area contributed by atoms with Crippen LogP contribution in [-0.2, 0) is 6.18 Å². The molecule has 2 rings (SSSR count). The van der Waals surface area contributed by atoms with Crippen LogP contribution in [0.1, 0.15) is 19.4 Å². The molecule has 0 aromatic heterocycles. The lowest BCUT2D eigenvalue weighted by atomic mass is 10.1. The van der Waals surface area contributed by atoms with Gasteiger partial charge in [0.1, 0.15) is 5.69 Å². The highest BCUT2D eigenvalue weighted by molar-refractivity contribution is 5.75. The molecule has 1 aromatic rings. The first-order chi connectivity index (χ1) is 12.1. The first-order valence-corrected chi connectivity index (χ1v) is 8.23. The summed E-state index contributed by atoms with van der Waals surface area (Å²) in [6.45, 7) is 5.78. The molecule has 0 spiro atoms. The van der Waals surface area contributed by atoms with Crippen LogP contribution in [-0.4, -0.2) is 48.6 Å². The van der Waals surface area contributed by atoms with Crippen molar-refractivity contribution < 1.29 is 22.9 Å². The number of benzene rings is 1. The summed E-state index contributed by atoms with van der Waals surface area (Å²) in [6.07, 6.45) is -4.64. The zero-order valence-corrected chi connectivity index (χ0v) is 14.5. The largest absolute Gasteiger partial charge is 0.416 e. The van der Waals surface area contributed by atoms with Gasteiger partial charge >= 0.3 is 12.2 Å². The summed E-state index contributed by atoms with van der Waals surface area (Å²) in [6, 6.07) is 2.30. The number of hydrogen-bond acceptors (Lipinski definition) is 4. The zero-order valence-electron chi connectivity index (χ0n) is 14.5. The molecule has 1 aliphatic rings. The molecule has 1 aliphatic heterocycles. The molecule has 0 bridgehead atoms. The summed E-state index contributed by atoms with van der Waals surface area (Å²) in [4.78, 5) is 25.6. The van der Waals surface area contributed by atoms with E-state index in [0.29, 0.717) is 44.7 Å². The Morgan fingerprint density at radius 3 is 2.38 bits per heavy atom. The molecule has 0 radical (unpaired) electrons. The molecule has 0 saturated carbocycles. The van der Waals surface area contributed by atoms with Gasteiger partial charge in [0.25, 0.3) is 5.69 Å². The molecule has 1 saturated heterocycles. The number of nitrogens with one attached hydrogen (secondary N) is 1. The third kappa shape index (κ3) is 4.77. The molecule has 1 N–H and O–H groups in total. The van der Waals surface area contributed by atoms with Gasteiger partial charge in [-0.05, 0) is 18.1 Å². The van der Waals surface area contributed by atoms with Crippen LogP contribution in [0.4, 0.5) is 29.3 Å². The number of urea groups is 1. The number of piperazine rings is 1. The number of carbonyl (C=O) groups excluding carboxylic acids is 1. The molecule has 7 nitrogen and oxygen atoms in total. The maximum Gasteiger partial charge on any atom is 0.416 e. The van der Waals surface area contributed by atoms with E-state index in [1.807, 2.05) is 13.8 Å². The second-order valence-electron chi connectivity index (χ2n) is 6.51. The highest BCUT2D eigenvalue weighted by Gasteiger charge is 2.34. The minimum absolute atomic E-state index is 0.130. The van der Waals surface area contributed by atoms with Crippen molar-refractivity contribution in [1.29, 1.82) is 0 Å². The number of halogens is 3. The Kier molecular flexibility index (Phi) is 5.94. The van der Waals surface area contributed by atoms with E-state index in [2.05, 4.69) is 5.32 Å². The number of rotatable bonds is 4. The van der Waals surface area contributed by atoms with E-state index in [4.69, 9.17) is 0 Å². The second kappa shape index (κ2) is 7.79. The van der Waals surface area contributed by atoms with Crippen LogP contribution < -0.4 is 10.2 Å². The summed E-state index contributed by atoms with van der Waals surface area (Å²) in [5.74, 6) is 0.315. The van der Waals surface area contributed by atoms with Gasteiger partial charge in [0.15, 0.2) is 0 Å². The van der Waals surface area contributed by atoms with Gasteiger partial charge in [-0.15, -0.1) is 0 Å². The van der Waals surface area contributed by atoms with Gasteiger partial charge in [0.2, 0.25) is 0 Å². The van der Waals surface area contributed by atoms with Gasteiger partial charge in [-0.25, -0.2) is 4.79 Å². The Bertz CT molecular complexity index is 671. The Morgan fingerprint density at radius 2 is 1.88 bits per heavy atom. The van der Waals surface area contributed by atoms with E-state index in [1.54, 1.807) is 9.80 Å². The number of anilines is 1. The topological polar surface area (TPSA) is 78.7 Å². The minimum Gasteiger partial charge on any atom is -0.362 e. The van der Waals surface area contributed by atoms with Crippen LogP contribution in [0.3, 0.4) is 0 Å². The van der Waals surface area contributed by atoms with Crippen molar-refractivity contribution in [2.45, 2.75) is 20.0 Å². The number of amides is 2. The molecule has 1 heterocycles. The fraction of sp³-hybridized carbons (Fsp3) is 0.562. The molecular weight excluding hydrogens is 353 g/mol. The Labute approximate surface area is 148 Å². The lowest BCUT2D eigenvalue weighted by Gasteiger charge is -2.36. The van der Waals surface area contributed by atoms with Crippen molar-refractivity contribution in [3.05, 3.63) is 33.9 Å². The van der Waals surface area contributed by atoms with Crippen LogP contribution in [0.25, 0.3) is 0 Å². The minimum atomic E-state index is -4.64. The van der Waals surface area contributed by atoms with E-state index in [-0.39, 0.29) is 11.7 Å². The number of nitrogens with zero attached hydrogens (tertiary/aromatic N) is 3. The standard InChI is InChI=1S/C16H21F3N4O3/c1-11(2)10-20-15(24)22-7-5-21(6-8-22)13-4-3-12(16(17,18)19)9-14(13)23(25)26/h3-4,9,11H,5-8,10H2,1-2H3,(H,20,24). The van der Waals surface area contributed by atoms with Gasteiger partial charge in [0, 0.05) is 38.8 Å². The van der Waals surface area contributed by atoms with E-state index in [0.717, 1.165) is 12.1 Å². The van der Waals surface area contributed by atoms with E-state index in [9.17, 15) is 28.1 Å². The molecule has 0 atom stereocenters. The smallest absolute Gasteiger partial charge is 0.362 e. The van der Waals surface area contributed by atoms with Crippen molar-refractivity contribution in [2.24, 2.45) is 5.92 Å². The van der Waals surface area contributed by atoms with E-state index >= 15 is 0 Å². The quantitative estimate of drug-likeness (QED) is 0.649. The third-order valence-electron chi connectivity index (χ3n) is 4.07. The summed E-state index contributed by atoms with van der Waals surface area (Å²) >= 11 is 0. The second-order valence-corrected chi connectivity index (χ2v) is 6.51. The van der Waals surface area contributed by atoms with Crippen molar-refractivity contribution >= 4 is 17.4 Å². The van der Waals surface area contributed by atoms with Crippen molar-refractivity contribution in [3.8, 4) is 0 Å².